The Hall–Kier alpha value is -2.80. The minimum atomic E-state index is -0.978. The summed E-state index contributed by atoms with van der Waals surface area (Å²) < 4.78 is 25.6. The number of alkyl carbamates (subject to hydrolysis) is 1. The lowest BCUT2D eigenvalue weighted by atomic mass is 10.0. The molecule has 2 aromatic carbocycles. The first-order valence-corrected chi connectivity index (χ1v) is 11.9. The van der Waals surface area contributed by atoms with Gasteiger partial charge < -0.3 is 14.8 Å². The average molecular weight is 474 g/mol. The number of rotatable bonds is 10. The van der Waals surface area contributed by atoms with E-state index in [1.165, 1.54) is 24.9 Å². The third-order valence-electron chi connectivity index (χ3n) is 4.58. The molecule has 0 aromatic heterocycles. The average Bonchev–Trinajstić information content (AvgIpc) is 2.77. The fourth-order valence-electron chi connectivity index (χ4n) is 3.04. The van der Waals surface area contributed by atoms with E-state index < -0.39 is 35.5 Å². The van der Waals surface area contributed by atoms with Gasteiger partial charge in [-0.3, -0.25) is 4.79 Å². The van der Waals surface area contributed by atoms with Gasteiger partial charge in [-0.05, 0) is 44.4 Å². The number of esters is 1. The van der Waals surface area contributed by atoms with E-state index in [-0.39, 0.29) is 6.42 Å². The van der Waals surface area contributed by atoms with Gasteiger partial charge in [-0.15, -0.1) is 0 Å². The van der Waals surface area contributed by atoms with Gasteiger partial charge in [0.1, 0.15) is 11.4 Å². The van der Waals surface area contributed by atoms with Crippen LogP contribution in [0.15, 0.2) is 72.6 Å². The van der Waals surface area contributed by atoms with E-state index in [4.69, 9.17) is 9.47 Å². The lowest BCUT2D eigenvalue weighted by molar-refractivity contribution is -0.143. The molecule has 0 unspecified atom stereocenters. The molecule has 0 spiro atoms. The van der Waals surface area contributed by atoms with Crippen LogP contribution in [0.2, 0.25) is 0 Å². The van der Waals surface area contributed by atoms with Gasteiger partial charge in [-0.25, -0.2) is 9.18 Å². The lowest BCUT2D eigenvalue weighted by Crippen LogP contribution is -2.41. The van der Waals surface area contributed by atoms with Crippen molar-refractivity contribution in [2.75, 3.05) is 12.9 Å². The van der Waals surface area contributed by atoms with Gasteiger partial charge >= 0.3 is 12.1 Å². The van der Waals surface area contributed by atoms with Crippen molar-refractivity contribution in [1.82, 2.24) is 5.32 Å². The molecule has 178 valence electrons. The third-order valence-corrected chi connectivity index (χ3v) is 5.71. The van der Waals surface area contributed by atoms with E-state index in [1.807, 2.05) is 60.7 Å². The van der Waals surface area contributed by atoms with E-state index in [2.05, 4.69) is 5.32 Å². The number of amides is 1. The summed E-state index contributed by atoms with van der Waals surface area (Å²) in [6.45, 7) is 5.21. The van der Waals surface area contributed by atoms with Gasteiger partial charge in [0.05, 0.1) is 19.1 Å². The van der Waals surface area contributed by atoms with E-state index in [9.17, 15) is 9.59 Å². The molecule has 0 radical (unpaired) electrons. The highest BCUT2D eigenvalue weighted by molar-refractivity contribution is 7.98. The molecule has 0 heterocycles. The van der Waals surface area contributed by atoms with Crippen LogP contribution < -0.4 is 5.32 Å². The molecule has 5 nitrogen and oxygen atoms in total. The minimum Gasteiger partial charge on any atom is -0.469 e. The summed E-state index contributed by atoms with van der Waals surface area (Å²) in [5.41, 5.74) is 1.24. The van der Waals surface area contributed by atoms with Crippen molar-refractivity contribution in [2.45, 2.75) is 44.6 Å². The summed E-state index contributed by atoms with van der Waals surface area (Å²) in [7, 11) is 1.28. The molecule has 33 heavy (non-hydrogen) atoms. The summed E-state index contributed by atoms with van der Waals surface area (Å²) in [6, 6.07) is 18.1. The second-order valence-electron chi connectivity index (χ2n) is 8.57. The Bertz CT molecular complexity index is 913. The molecule has 0 saturated heterocycles. The van der Waals surface area contributed by atoms with Gasteiger partial charge in [0, 0.05) is 11.5 Å². The summed E-state index contributed by atoms with van der Waals surface area (Å²) in [5, 5.41) is 2.60. The zero-order chi connectivity index (χ0) is 24.3. The normalized spacial score (nSPS) is 13.7. The SMILES string of the molecule is COC(=O)[C@H](/C=C(\F)[C@@H](Cc1ccccc1)NC(=O)OC(C)(C)C)CSCc1ccccc1. The largest absolute Gasteiger partial charge is 0.469 e. The second-order valence-corrected chi connectivity index (χ2v) is 9.60. The monoisotopic (exact) mass is 473 g/mol. The second kappa shape index (κ2) is 13.0. The van der Waals surface area contributed by atoms with Gasteiger partial charge in [0.15, 0.2) is 0 Å². The zero-order valence-electron chi connectivity index (χ0n) is 19.5. The van der Waals surface area contributed by atoms with Crippen LogP contribution in [0.5, 0.6) is 0 Å². The van der Waals surface area contributed by atoms with Crippen LogP contribution in [0.1, 0.15) is 31.9 Å². The molecule has 0 saturated carbocycles. The zero-order valence-corrected chi connectivity index (χ0v) is 20.4. The molecule has 2 aromatic rings. The van der Waals surface area contributed by atoms with E-state index >= 15 is 4.39 Å². The van der Waals surface area contributed by atoms with Crippen molar-refractivity contribution in [3.8, 4) is 0 Å². The highest BCUT2D eigenvalue weighted by Gasteiger charge is 2.25. The lowest BCUT2D eigenvalue weighted by Gasteiger charge is -2.23. The van der Waals surface area contributed by atoms with Crippen LogP contribution in [0.3, 0.4) is 0 Å². The summed E-state index contributed by atoms with van der Waals surface area (Å²) in [5.74, 6) is -0.892. The van der Waals surface area contributed by atoms with Crippen molar-refractivity contribution in [1.29, 1.82) is 0 Å². The molecular weight excluding hydrogens is 441 g/mol. The molecule has 0 aliphatic carbocycles. The number of halogens is 1. The molecule has 0 aliphatic rings. The fourth-order valence-corrected chi connectivity index (χ4v) is 4.07. The number of carbonyl (C=O) groups is 2. The van der Waals surface area contributed by atoms with Crippen molar-refractivity contribution in [2.24, 2.45) is 5.92 Å². The molecule has 1 N–H and O–H groups in total. The standard InChI is InChI=1S/C26H32FNO4S/c1-26(2,3)32-25(30)28-23(15-19-11-7-5-8-12-19)22(27)16-21(24(29)31-4)18-33-17-20-13-9-6-10-14-20/h5-14,16,21,23H,15,17-18H2,1-4H3,(H,28,30)/b22-16-/t21-,23-/m1/s1. The first kappa shape index (κ1) is 26.5. The van der Waals surface area contributed by atoms with Crippen LogP contribution in [0, 0.1) is 5.92 Å². The first-order valence-electron chi connectivity index (χ1n) is 10.8. The minimum absolute atomic E-state index is 0.216. The maximum Gasteiger partial charge on any atom is 0.408 e. The Labute approximate surface area is 199 Å². The molecule has 1 amide bonds. The van der Waals surface area contributed by atoms with Crippen LogP contribution in [0.4, 0.5) is 9.18 Å². The number of hydrogen-bond donors (Lipinski definition) is 1. The van der Waals surface area contributed by atoms with Crippen LogP contribution in [-0.4, -0.2) is 36.6 Å². The van der Waals surface area contributed by atoms with Crippen molar-refractivity contribution in [3.63, 3.8) is 0 Å². The van der Waals surface area contributed by atoms with E-state index in [0.29, 0.717) is 11.5 Å². The Balaban J connectivity index is 2.16. The van der Waals surface area contributed by atoms with Gasteiger partial charge in [-0.1, -0.05) is 60.7 Å². The number of ether oxygens (including phenoxy) is 2. The molecule has 0 aliphatic heterocycles. The highest BCUT2D eigenvalue weighted by atomic mass is 32.2. The number of benzene rings is 2. The number of carbonyl (C=O) groups excluding carboxylic acids is 2. The number of thioether (sulfide) groups is 1. The predicted octanol–water partition coefficient (Wildman–Crippen LogP) is 5.70. The Morgan fingerprint density at radius 1 is 1.03 bits per heavy atom. The van der Waals surface area contributed by atoms with E-state index in [1.54, 1.807) is 20.8 Å². The summed E-state index contributed by atoms with van der Waals surface area (Å²) in [4.78, 5) is 24.7. The van der Waals surface area contributed by atoms with Gasteiger partial charge in [0.25, 0.3) is 0 Å². The predicted molar refractivity (Wildman–Crippen MR) is 131 cm³/mol. The van der Waals surface area contributed by atoms with Gasteiger partial charge in [0.2, 0.25) is 0 Å². The molecule has 0 fully saturated rings. The molecule has 2 atom stereocenters. The molecular formula is C26H32FNO4S. The third kappa shape index (κ3) is 10.1. The Morgan fingerprint density at radius 3 is 2.15 bits per heavy atom. The summed E-state index contributed by atoms with van der Waals surface area (Å²) in [6.07, 6.45) is 0.738. The summed E-state index contributed by atoms with van der Waals surface area (Å²) >= 11 is 1.51. The maximum atomic E-state index is 15.4. The fraction of sp³-hybridized carbons (Fsp3) is 0.385. The molecule has 2 rings (SSSR count). The van der Waals surface area contributed by atoms with Crippen LogP contribution in [0.25, 0.3) is 0 Å². The van der Waals surface area contributed by atoms with Crippen LogP contribution in [-0.2, 0) is 26.4 Å². The number of nitrogens with one attached hydrogen (secondary N) is 1. The molecule has 7 heteroatoms. The first-order chi connectivity index (χ1) is 15.7. The smallest absolute Gasteiger partial charge is 0.408 e. The topological polar surface area (TPSA) is 64.6 Å². The maximum absolute atomic E-state index is 15.4. The highest BCUT2D eigenvalue weighted by Crippen LogP contribution is 2.21. The Morgan fingerprint density at radius 2 is 1.61 bits per heavy atom. The Kier molecular flexibility index (Phi) is 10.5. The van der Waals surface area contributed by atoms with E-state index in [0.717, 1.165) is 11.1 Å². The van der Waals surface area contributed by atoms with Crippen molar-refractivity contribution in [3.05, 3.63) is 83.7 Å². The van der Waals surface area contributed by atoms with Crippen molar-refractivity contribution < 1.29 is 23.5 Å². The number of methoxy groups -OCH3 is 1. The van der Waals surface area contributed by atoms with Crippen LogP contribution >= 0.6 is 11.8 Å². The van der Waals surface area contributed by atoms with Gasteiger partial charge in [-0.2, -0.15) is 11.8 Å². The van der Waals surface area contributed by atoms with Crippen molar-refractivity contribution >= 4 is 23.8 Å². The molecule has 0 bridgehead atoms. The quantitative estimate of drug-likeness (QED) is 0.449. The number of hydrogen-bond acceptors (Lipinski definition) is 5.